The first kappa shape index (κ1) is 13.1. The molecule has 0 saturated carbocycles. The molecule has 0 bridgehead atoms. The highest BCUT2D eigenvalue weighted by atomic mass is 16.4. The normalized spacial score (nSPS) is 22.0. The lowest BCUT2D eigenvalue weighted by molar-refractivity contribution is -0.137. The van der Waals surface area contributed by atoms with Crippen molar-refractivity contribution in [2.45, 2.75) is 24.8 Å². The Balaban J connectivity index is 2.03. The van der Waals surface area contributed by atoms with Gasteiger partial charge >= 0.3 is 5.97 Å². The maximum absolute atomic E-state index is 10.6. The molecule has 98 valence electrons. The van der Waals surface area contributed by atoms with E-state index in [1.165, 1.54) is 12.0 Å². The van der Waals surface area contributed by atoms with Crippen LogP contribution >= 0.6 is 0 Å². The van der Waals surface area contributed by atoms with Crippen molar-refractivity contribution in [2.24, 2.45) is 5.73 Å². The second-order valence-electron chi connectivity index (χ2n) is 5.12. The number of carboxylic acid groups (broad SMARTS) is 1. The molecular formula is C14H20N2O2. The number of rotatable bonds is 4. The van der Waals surface area contributed by atoms with E-state index in [2.05, 4.69) is 24.1 Å². The van der Waals surface area contributed by atoms with Gasteiger partial charge in [0, 0.05) is 12.6 Å². The molecule has 2 atom stereocenters. The van der Waals surface area contributed by atoms with E-state index in [1.807, 2.05) is 12.1 Å². The summed E-state index contributed by atoms with van der Waals surface area (Å²) in [7, 11) is 2.14. The largest absolute Gasteiger partial charge is 0.481 e. The summed E-state index contributed by atoms with van der Waals surface area (Å²) >= 11 is 0. The van der Waals surface area contributed by atoms with Gasteiger partial charge in [0.15, 0.2) is 0 Å². The zero-order chi connectivity index (χ0) is 13.1. The summed E-state index contributed by atoms with van der Waals surface area (Å²) in [4.78, 5) is 12.9. The van der Waals surface area contributed by atoms with Gasteiger partial charge in [-0.2, -0.15) is 0 Å². The Bertz CT molecular complexity index is 416. The summed E-state index contributed by atoms with van der Waals surface area (Å²) in [6, 6.07) is 7.67. The first-order valence-corrected chi connectivity index (χ1v) is 6.32. The number of carbonyl (C=O) groups is 1. The molecule has 0 spiro atoms. The molecule has 3 N–H and O–H groups in total. The molecule has 0 radical (unpaired) electrons. The fourth-order valence-corrected chi connectivity index (χ4v) is 2.53. The molecule has 18 heavy (non-hydrogen) atoms. The number of hydrogen-bond donors (Lipinski definition) is 2. The zero-order valence-electron chi connectivity index (χ0n) is 10.7. The molecule has 1 fully saturated rings. The highest BCUT2D eigenvalue weighted by molar-refractivity contribution is 5.67. The molecule has 4 nitrogen and oxygen atoms in total. The Labute approximate surface area is 107 Å². The molecule has 1 saturated heterocycles. The van der Waals surface area contributed by atoms with Crippen LogP contribution in [0.5, 0.6) is 0 Å². The van der Waals surface area contributed by atoms with Crippen molar-refractivity contribution >= 4 is 5.97 Å². The third kappa shape index (κ3) is 3.09. The average Bonchev–Trinajstić information content (AvgIpc) is 2.75. The highest BCUT2D eigenvalue weighted by Crippen LogP contribution is 2.27. The minimum Gasteiger partial charge on any atom is -0.481 e. The fraction of sp³-hybridized carbons (Fsp3) is 0.500. The maximum Gasteiger partial charge on any atom is 0.305 e. The predicted octanol–water partition coefficient (Wildman–Crippen LogP) is 1.58. The molecule has 2 rings (SSSR count). The van der Waals surface area contributed by atoms with Crippen LogP contribution in [0, 0.1) is 0 Å². The lowest BCUT2D eigenvalue weighted by Gasteiger charge is -2.13. The van der Waals surface area contributed by atoms with Crippen molar-refractivity contribution < 1.29 is 9.90 Å². The summed E-state index contributed by atoms with van der Waals surface area (Å²) in [6.45, 7) is 2.24. The Hall–Kier alpha value is -1.39. The van der Waals surface area contributed by atoms with Crippen molar-refractivity contribution in [3.63, 3.8) is 0 Å². The van der Waals surface area contributed by atoms with Crippen LogP contribution in [0.3, 0.4) is 0 Å². The van der Waals surface area contributed by atoms with Crippen LogP contribution in [0.15, 0.2) is 24.3 Å². The fourth-order valence-electron chi connectivity index (χ4n) is 2.53. The Morgan fingerprint density at radius 2 is 2.17 bits per heavy atom. The molecule has 4 heteroatoms. The molecule has 0 aromatic heterocycles. The summed E-state index contributed by atoms with van der Waals surface area (Å²) in [6.07, 6.45) is 1.17. The van der Waals surface area contributed by atoms with E-state index in [4.69, 9.17) is 10.8 Å². The SMILES string of the molecule is CN1CCC(c2ccc(C(N)CC(=O)O)cc2)C1. The summed E-state index contributed by atoms with van der Waals surface area (Å²) < 4.78 is 0. The third-order valence-corrected chi connectivity index (χ3v) is 3.62. The number of hydrogen-bond acceptors (Lipinski definition) is 3. The Kier molecular flexibility index (Phi) is 3.99. The molecule has 1 aromatic rings. The summed E-state index contributed by atoms with van der Waals surface area (Å²) in [5, 5.41) is 8.72. The van der Waals surface area contributed by atoms with Gasteiger partial charge in [0.25, 0.3) is 0 Å². The van der Waals surface area contributed by atoms with Gasteiger partial charge in [-0.1, -0.05) is 24.3 Å². The summed E-state index contributed by atoms with van der Waals surface area (Å²) in [5.41, 5.74) is 8.05. The van der Waals surface area contributed by atoms with E-state index in [0.717, 1.165) is 18.7 Å². The number of carboxylic acids is 1. The van der Waals surface area contributed by atoms with Gasteiger partial charge in [0.2, 0.25) is 0 Å². The minimum absolute atomic E-state index is 0.0223. The lowest BCUT2D eigenvalue weighted by atomic mass is 9.95. The van der Waals surface area contributed by atoms with E-state index >= 15 is 0 Å². The predicted molar refractivity (Wildman–Crippen MR) is 70.5 cm³/mol. The van der Waals surface area contributed by atoms with Crippen molar-refractivity contribution in [1.29, 1.82) is 0 Å². The topological polar surface area (TPSA) is 66.6 Å². The first-order chi connectivity index (χ1) is 8.56. The van der Waals surface area contributed by atoms with Gasteiger partial charge < -0.3 is 15.7 Å². The molecular weight excluding hydrogens is 228 g/mol. The van der Waals surface area contributed by atoms with E-state index < -0.39 is 12.0 Å². The monoisotopic (exact) mass is 248 g/mol. The van der Waals surface area contributed by atoms with Crippen molar-refractivity contribution in [1.82, 2.24) is 4.90 Å². The van der Waals surface area contributed by atoms with Gasteiger partial charge in [-0.3, -0.25) is 4.79 Å². The Morgan fingerprint density at radius 3 is 2.67 bits per heavy atom. The smallest absolute Gasteiger partial charge is 0.305 e. The maximum atomic E-state index is 10.6. The molecule has 0 amide bonds. The van der Waals surface area contributed by atoms with Crippen LogP contribution in [0.2, 0.25) is 0 Å². The van der Waals surface area contributed by atoms with E-state index in [-0.39, 0.29) is 6.42 Å². The zero-order valence-corrected chi connectivity index (χ0v) is 10.7. The van der Waals surface area contributed by atoms with Crippen LogP contribution in [0.1, 0.15) is 35.9 Å². The molecule has 1 aromatic carbocycles. The van der Waals surface area contributed by atoms with E-state index in [9.17, 15) is 4.79 Å². The van der Waals surface area contributed by atoms with Gasteiger partial charge in [-0.25, -0.2) is 0 Å². The quantitative estimate of drug-likeness (QED) is 0.849. The number of likely N-dealkylation sites (N-methyl/N-ethyl adjacent to an activating group) is 1. The Morgan fingerprint density at radius 1 is 1.50 bits per heavy atom. The number of benzene rings is 1. The van der Waals surface area contributed by atoms with Crippen LogP contribution in [-0.2, 0) is 4.79 Å². The number of nitrogens with zero attached hydrogens (tertiary/aromatic N) is 1. The number of likely N-dealkylation sites (tertiary alicyclic amines) is 1. The van der Waals surface area contributed by atoms with Gasteiger partial charge in [-0.15, -0.1) is 0 Å². The van der Waals surface area contributed by atoms with Gasteiger partial charge in [0.05, 0.1) is 6.42 Å². The average molecular weight is 248 g/mol. The first-order valence-electron chi connectivity index (χ1n) is 6.32. The van der Waals surface area contributed by atoms with Gasteiger partial charge in [0.1, 0.15) is 0 Å². The van der Waals surface area contributed by atoms with E-state index in [1.54, 1.807) is 0 Å². The second-order valence-corrected chi connectivity index (χ2v) is 5.12. The standard InChI is InChI=1S/C14H20N2O2/c1-16-7-6-12(9-16)10-2-4-11(5-3-10)13(15)8-14(17)18/h2-5,12-13H,6-9,15H2,1H3,(H,17,18). The minimum atomic E-state index is -0.857. The third-order valence-electron chi connectivity index (χ3n) is 3.62. The van der Waals surface area contributed by atoms with Crippen molar-refractivity contribution in [3.8, 4) is 0 Å². The lowest BCUT2D eigenvalue weighted by Crippen LogP contribution is -2.15. The molecule has 0 aliphatic carbocycles. The van der Waals surface area contributed by atoms with Crippen molar-refractivity contribution in [3.05, 3.63) is 35.4 Å². The summed E-state index contributed by atoms with van der Waals surface area (Å²) in [5.74, 6) is -0.260. The molecule has 2 unspecified atom stereocenters. The number of nitrogens with two attached hydrogens (primary N) is 1. The second kappa shape index (κ2) is 5.50. The highest BCUT2D eigenvalue weighted by Gasteiger charge is 2.21. The number of aliphatic carboxylic acids is 1. The van der Waals surface area contributed by atoms with Crippen LogP contribution in [0.4, 0.5) is 0 Å². The molecule has 1 aliphatic rings. The van der Waals surface area contributed by atoms with Crippen LogP contribution in [-0.4, -0.2) is 36.1 Å². The van der Waals surface area contributed by atoms with Crippen molar-refractivity contribution in [2.75, 3.05) is 20.1 Å². The van der Waals surface area contributed by atoms with Gasteiger partial charge in [-0.05, 0) is 37.1 Å². The molecule has 1 aliphatic heterocycles. The van der Waals surface area contributed by atoms with Crippen LogP contribution in [0.25, 0.3) is 0 Å². The van der Waals surface area contributed by atoms with Crippen LogP contribution < -0.4 is 5.73 Å². The molecule has 1 heterocycles. The van der Waals surface area contributed by atoms with E-state index in [0.29, 0.717) is 5.92 Å².